The van der Waals surface area contributed by atoms with Gasteiger partial charge in [-0.05, 0) is 24.9 Å². The van der Waals surface area contributed by atoms with Crippen molar-refractivity contribution in [2.24, 2.45) is 11.8 Å². The minimum absolute atomic E-state index is 0.898. The van der Waals surface area contributed by atoms with Crippen molar-refractivity contribution in [3.63, 3.8) is 0 Å². The Labute approximate surface area is 49.7 Å². The Balaban J connectivity index is 2.04. The smallest absolute Gasteiger partial charge is 0.0177 e. The summed E-state index contributed by atoms with van der Waals surface area (Å²) in [4.78, 5) is 0. The summed E-state index contributed by atoms with van der Waals surface area (Å²) in [6.45, 7) is 4.68. The second-order valence-electron chi connectivity index (χ2n) is 2.77. The van der Waals surface area contributed by atoms with E-state index < -0.39 is 0 Å². The van der Waals surface area contributed by atoms with Crippen LogP contribution in [0.4, 0.5) is 0 Å². The molecule has 1 radical (unpaired) electrons. The molecule has 0 amide bonds. The van der Waals surface area contributed by atoms with E-state index in [0.717, 1.165) is 24.9 Å². The van der Waals surface area contributed by atoms with E-state index >= 15 is 0 Å². The maximum Gasteiger partial charge on any atom is 0.0177 e. The van der Waals surface area contributed by atoms with Crippen molar-refractivity contribution in [3.05, 3.63) is 0 Å². The molecule has 0 spiro atoms. The molecule has 2 aliphatic rings. The fraction of sp³-hybridized carbons (Fsp3) is 1.00. The molecule has 1 N–H and O–H groups in total. The summed E-state index contributed by atoms with van der Waals surface area (Å²) in [5.74, 6) is 1.80. The third-order valence-corrected chi connectivity index (χ3v) is 2.21. The molecule has 2 rings (SSSR count). The van der Waals surface area contributed by atoms with Crippen molar-refractivity contribution in [1.82, 2.24) is 10.6 Å². The zero-order valence-electron chi connectivity index (χ0n) is 4.93. The van der Waals surface area contributed by atoms with Crippen LogP contribution in [0.3, 0.4) is 0 Å². The van der Waals surface area contributed by atoms with Crippen LogP contribution in [0, 0.1) is 11.8 Å². The van der Waals surface area contributed by atoms with Crippen LogP contribution in [0.25, 0.3) is 0 Å². The first-order valence-electron chi connectivity index (χ1n) is 3.31. The predicted octanol–water partition coefficient (Wildman–Crippen LogP) is -0.560. The van der Waals surface area contributed by atoms with Crippen LogP contribution in [0.5, 0.6) is 0 Å². The zero-order chi connectivity index (χ0) is 5.40. The van der Waals surface area contributed by atoms with E-state index in [4.69, 9.17) is 0 Å². The van der Waals surface area contributed by atoms with E-state index in [2.05, 4.69) is 10.6 Å². The second-order valence-corrected chi connectivity index (χ2v) is 2.77. The molecule has 45 valence electrons. The largest absolute Gasteiger partial charge is 0.316 e. The van der Waals surface area contributed by atoms with Crippen LogP contribution >= 0.6 is 0 Å². The monoisotopic (exact) mass is 111 g/mol. The highest BCUT2D eigenvalue weighted by Gasteiger charge is 2.31. The summed E-state index contributed by atoms with van der Waals surface area (Å²) in [6, 6.07) is 0. The number of nitrogens with one attached hydrogen (secondary N) is 1. The molecule has 2 heteroatoms. The van der Waals surface area contributed by atoms with Gasteiger partial charge >= 0.3 is 0 Å². The predicted molar refractivity (Wildman–Crippen MR) is 31.7 cm³/mol. The van der Waals surface area contributed by atoms with Crippen LogP contribution in [0.1, 0.15) is 0 Å². The summed E-state index contributed by atoms with van der Waals surface area (Å²) in [5.41, 5.74) is 0. The maximum absolute atomic E-state index is 4.33. The molecule has 0 saturated carbocycles. The van der Waals surface area contributed by atoms with Crippen LogP contribution in [0.15, 0.2) is 0 Å². The topological polar surface area (TPSA) is 26.1 Å². The van der Waals surface area contributed by atoms with E-state index in [1.165, 1.54) is 13.1 Å². The molecule has 0 aliphatic carbocycles. The Morgan fingerprint density at radius 1 is 1.12 bits per heavy atom. The number of hydrogen-bond acceptors (Lipinski definition) is 1. The molecule has 2 heterocycles. The molecule has 2 fully saturated rings. The fourth-order valence-electron chi connectivity index (χ4n) is 1.62. The molecule has 0 aromatic heterocycles. The van der Waals surface area contributed by atoms with Gasteiger partial charge in [0.25, 0.3) is 0 Å². The SMILES string of the molecule is C1[N]C[C@H]2CNC[C@H]12. The van der Waals surface area contributed by atoms with E-state index in [0.29, 0.717) is 0 Å². The average molecular weight is 111 g/mol. The normalized spacial score (nSPS) is 45.0. The van der Waals surface area contributed by atoms with Gasteiger partial charge in [-0.25, -0.2) is 5.32 Å². The van der Waals surface area contributed by atoms with Gasteiger partial charge in [0.15, 0.2) is 0 Å². The van der Waals surface area contributed by atoms with Crippen molar-refractivity contribution in [2.75, 3.05) is 26.2 Å². The lowest BCUT2D eigenvalue weighted by molar-refractivity contribution is 0.533. The lowest BCUT2D eigenvalue weighted by atomic mass is 10.0. The molecule has 2 atom stereocenters. The van der Waals surface area contributed by atoms with Crippen LogP contribution in [0.2, 0.25) is 0 Å². The highest BCUT2D eigenvalue weighted by molar-refractivity contribution is 4.88. The van der Waals surface area contributed by atoms with Gasteiger partial charge in [0.1, 0.15) is 0 Å². The van der Waals surface area contributed by atoms with Gasteiger partial charge in [0, 0.05) is 13.1 Å². The molecule has 0 unspecified atom stereocenters. The summed E-state index contributed by atoms with van der Waals surface area (Å²) < 4.78 is 0. The second kappa shape index (κ2) is 1.71. The minimum atomic E-state index is 0.898. The van der Waals surface area contributed by atoms with Crippen molar-refractivity contribution in [1.29, 1.82) is 0 Å². The molecule has 8 heavy (non-hydrogen) atoms. The first kappa shape index (κ1) is 4.77. The number of fused-ring (bicyclic) bond motifs is 1. The quantitative estimate of drug-likeness (QED) is 0.445. The van der Waals surface area contributed by atoms with Gasteiger partial charge in [0.2, 0.25) is 0 Å². The van der Waals surface area contributed by atoms with Crippen molar-refractivity contribution in [3.8, 4) is 0 Å². The molecule has 0 bridgehead atoms. The van der Waals surface area contributed by atoms with E-state index in [1.807, 2.05) is 0 Å². The van der Waals surface area contributed by atoms with Crippen LogP contribution < -0.4 is 10.6 Å². The lowest BCUT2D eigenvalue weighted by Gasteiger charge is -2.00. The molecule has 2 saturated heterocycles. The standard InChI is InChI=1S/C6H11N2/c1-5-2-8-4-6(5)3-7-1/h5-7H,1-4H2/t5-,6-/m1/s1. The number of rotatable bonds is 0. The van der Waals surface area contributed by atoms with E-state index in [1.54, 1.807) is 0 Å². The Morgan fingerprint density at radius 2 is 1.75 bits per heavy atom. The van der Waals surface area contributed by atoms with Crippen molar-refractivity contribution >= 4 is 0 Å². The first-order valence-corrected chi connectivity index (χ1v) is 3.31. The lowest BCUT2D eigenvalue weighted by Crippen LogP contribution is -2.15. The summed E-state index contributed by atoms with van der Waals surface area (Å²) >= 11 is 0. The van der Waals surface area contributed by atoms with Gasteiger partial charge in [-0.3, -0.25) is 0 Å². The first-order chi connectivity index (χ1) is 3.97. The van der Waals surface area contributed by atoms with Crippen molar-refractivity contribution in [2.45, 2.75) is 0 Å². The van der Waals surface area contributed by atoms with Gasteiger partial charge in [0.05, 0.1) is 0 Å². The third-order valence-electron chi connectivity index (χ3n) is 2.21. The highest BCUT2D eigenvalue weighted by Crippen LogP contribution is 2.20. The summed E-state index contributed by atoms with van der Waals surface area (Å²) in [7, 11) is 0. The van der Waals surface area contributed by atoms with Crippen molar-refractivity contribution < 1.29 is 0 Å². The molecule has 0 aromatic carbocycles. The Bertz CT molecular complexity index is 72.5. The molecule has 2 nitrogen and oxygen atoms in total. The van der Waals surface area contributed by atoms with E-state index in [-0.39, 0.29) is 0 Å². The van der Waals surface area contributed by atoms with Crippen LogP contribution in [-0.4, -0.2) is 26.2 Å². The average Bonchev–Trinajstić information content (AvgIpc) is 2.15. The molecular weight excluding hydrogens is 100 g/mol. The summed E-state index contributed by atoms with van der Waals surface area (Å²) in [5, 5.41) is 7.69. The van der Waals surface area contributed by atoms with E-state index in [9.17, 15) is 0 Å². The zero-order valence-corrected chi connectivity index (χ0v) is 4.93. The van der Waals surface area contributed by atoms with Gasteiger partial charge in [-0.1, -0.05) is 0 Å². The third kappa shape index (κ3) is 0.565. The maximum atomic E-state index is 4.33. The Hall–Kier alpha value is -0.0800. The Morgan fingerprint density at radius 3 is 2.38 bits per heavy atom. The molecule has 0 aromatic rings. The number of hydrogen-bond donors (Lipinski definition) is 1. The van der Waals surface area contributed by atoms with Gasteiger partial charge in [-0.15, -0.1) is 0 Å². The summed E-state index contributed by atoms with van der Waals surface area (Å²) in [6.07, 6.45) is 0. The number of nitrogens with zero attached hydrogens (tertiary/aromatic N) is 1. The fourth-order valence-corrected chi connectivity index (χ4v) is 1.62. The van der Waals surface area contributed by atoms with Gasteiger partial charge in [-0.2, -0.15) is 0 Å². The van der Waals surface area contributed by atoms with Crippen LogP contribution in [-0.2, 0) is 0 Å². The Kier molecular flexibility index (Phi) is 1.02. The molecular formula is C6H11N2. The highest BCUT2D eigenvalue weighted by atomic mass is 15.0. The van der Waals surface area contributed by atoms with Gasteiger partial charge < -0.3 is 5.32 Å². The minimum Gasteiger partial charge on any atom is -0.316 e. The molecule has 2 aliphatic heterocycles.